The van der Waals surface area contributed by atoms with Crippen LogP contribution in [0, 0.1) is 0 Å². The molecule has 12 heteroatoms. The van der Waals surface area contributed by atoms with Crippen molar-refractivity contribution in [1.29, 1.82) is 0 Å². The molecule has 1 saturated heterocycles. The number of aliphatic hydroxyl groups is 3. The number of carbonyl (C=O) groups is 2. The molecule has 0 aromatic heterocycles. The summed E-state index contributed by atoms with van der Waals surface area (Å²) in [6.07, 6.45) is -5.87. The molecule has 4 N–H and O–H groups in total. The summed E-state index contributed by atoms with van der Waals surface area (Å²) in [5.41, 5.74) is -5.67. The molecule has 0 bridgehead atoms. The molecular formula is C20H18F2O9S. The van der Waals surface area contributed by atoms with E-state index < -0.39 is 68.1 Å². The van der Waals surface area contributed by atoms with Crippen molar-refractivity contribution in [3.63, 3.8) is 0 Å². The Kier molecular flexibility index (Phi) is 6.06. The van der Waals surface area contributed by atoms with Crippen LogP contribution in [-0.2, 0) is 14.9 Å². The molecular weight excluding hydrogens is 454 g/mol. The Balaban J connectivity index is 2.50. The number of ether oxygens (including phenoxy) is 1. The fraction of sp³-hybridized carbons (Fsp3) is 0.300. The Morgan fingerprint density at radius 3 is 1.72 bits per heavy atom. The monoisotopic (exact) mass is 472 g/mol. The first-order valence-electron chi connectivity index (χ1n) is 9.08. The Morgan fingerprint density at radius 1 is 0.969 bits per heavy atom. The molecule has 0 spiro atoms. The van der Waals surface area contributed by atoms with E-state index >= 15 is 8.78 Å². The number of hydrogen-bond donors (Lipinski definition) is 4. The summed E-state index contributed by atoms with van der Waals surface area (Å²) in [6.45, 7) is -1.54. The highest BCUT2D eigenvalue weighted by atomic mass is 32.2. The average Bonchev–Trinajstić information content (AvgIpc) is 2.94. The molecule has 0 aliphatic carbocycles. The van der Waals surface area contributed by atoms with Gasteiger partial charge in [0.1, 0.15) is 6.10 Å². The van der Waals surface area contributed by atoms with Crippen LogP contribution in [-0.4, -0.2) is 75.1 Å². The lowest BCUT2D eigenvalue weighted by molar-refractivity contribution is -0.223. The van der Waals surface area contributed by atoms with Gasteiger partial charge < -0.3 is 20.1 Å². The summed E-state index contributed by atoms with van der Waals surface area (Å²) in [5.74, 6) is -8.83. The lowest BCUT2D eigenvalue weighted by atomic mass is 9.70. The smallest absolute Gasteiger partial charge is 0.330 e. The molecule has 0 amide bonds. The highest BCUT2D eigenvalue weighted by Gasteiger charge is 2.85. The minimum absolute atomic E-state index is 0.628. The van der Waals surface area contributed by atoms with Gasteiger partial charge in [-0.1, -0.05) is 60.7 Å². The van der Waals surface area contributed by atoms with Crippen molar-refractivity contribution >= 4 is 21.7 Å². The highest BCUT2D eigenvalue weighted by Crippen LogP contribution is 2.53. The summed E-state index contributed by atoms with van der Waals surface area (Å²) >= 11 is 0. The fourth-order valence-corrected chi connectivity index (χ4v) is 5.21. The summed E-state index contributed by atoms with van der Waals surface area (Å²) in [7, 11) is -6.23. The van der Waals surface area contributed by atoms with Crippen molar-refractivity contribution in [2.45, 2.75) is 28.7 Å². The summed E-state index contributed by atoms with van der Waals surface area (Å²) in [4.78, 5) is 27.0. The third kappa shape index (κ3) is 3.10. The van der Waals surface area contributed by atoms with Gasteiger partial charge >= 0.3 is 5.92 Å². The molecule has 1 unspecified atom stereocenters. The zero-order valence-electron chi connectivity index (χ0n) is 16.1. The number of carbonyl (C=O) groups excluding carboxylic acids is 2. The molecule has 172 valence electrons. The maximum absolute atomic E-state index is 15.2. The van der Waals surface area contributed by atoms with Crippen LogP contribution in [0.25, 0.3) is 0 Å². The molecule has 32 heavy (non-hydrogen) atoms. The molecule has 1 aliphatic rings. The van der Waals surface area contributed by atoms with Gasteiger partial charge in [0.25, 0.3) is 14.9 Å². The van der Waals surface area contributed by atoms with Crippen molar-refractivity contribution in [2.24, 2.45) is 0 Å². The number of alkyl halides is 2. The summed E-state index contributed by atoms with van der Waals surface area (Å²) in [6, 6.07) is 11.6. The SMILES string of the molecule is O=C(c1ccccc1)C(C(=O)c1ccccc1)([C@@]1(O)[C@@H](CO)OC(O)C1(F)F)S(=O)(=O)O. The number of rotatable bonds is 7. The van der Waals surface area contributed by atoms with E-state index in [2.05, 4.69) is 4.74 Å². The second-order valence-electron chi connectivity index (χ2n) is 7.10. The van der Waals surface area contributed by atoms with Crippen LogP contribution >= 0.6 is 0 Å². The maximum atomic E-state index is 15.2. The van der Waals surface area contributed by atoms with Crippen molar-refractivity contribution in [3.05, 3.63) is 71.8 Å². The normalized spacial score (nSPS) is 25.4. The molecule has 2 aromatic rings. The molecule has 1 aliphatic heterocycles. The lowest BCUT2D eigenvalue weighted by Crippen LogP contribution is -2.77. The van der Waals surface area contributed by atoms with Gasteiger partial charge in [0.15, 0.2) is 17.2 Å². The molecule has 1 heterocycles. The third-order valence-corrected chi connectivity index (χ3v) is 6.83. The predicted molar refractivity (Wildman–Crippen MR) is 104 cm³/mol. The van der Waals surface area contributed by atoms with Crippen molar-refractivity contribution in [1.82, 2.24) is 0 Å². The van der Waals surface area contributed by atoms with E-state index in [1.54, 1.807) is 0 Å². The van der Waals surface area contributed by atoms with Crippen LogP contribution < -0.4 is 0 Å². The quantitative estimate of drug-likeness (QED) is 0.255. The van der Waals surface area contributed by atoms with Gasteiger partial charge in [0.2, 0.25) is 6.29 Å². The predicted octanol–water partition coefficient (Wildman–Crippen LogP) is 0.455. The number of hydrogen-bond acceptors (Lipinski definition) is 8. The van der Waals surface area contributed by atoms with Crippen LogP contribution in [0.1, 0.15) is 20.7 Å². The van der Waals surface area contributed by atoms with Gasteiger partial charge in [-0.25, -0.2) is 0 Å². The van der Waals surface area contributed by atoms with Crippen molar-refractivity contribution in [3.8, 4) is 0 Å². The first kappa shape index (κ1) is 24.0. The number of ketones is 2. The van der Waals surface area contributed by atoms with E-state index in [0.29, 0.717) is 0 Å². The van der Waals surface area contributed by atoms with Gasteiger partial charge in [-0.2, -0.15) is 17.2 Å². The zero-order chi connectivity index (χ0) is 23.9. The Morgan fingerprint density at radius 2 is 1.38 bits per heavy atom. The minimum atomic E-state index is -6.23. The van der Waals surface area contributed by atoms with Crippen LogP contribution in [0.3, 0.4) is 0 Å². The second kappa shape index (κ2) is 8.06. The van der Waals surface area contributed by atoms with Gasteiger partial charge in [-0.3, -0.25) is 14.1 Å². The van der Waals surface area contributed by atoms with Gasteiger partial charge in [0.05, 0.1) is 6.61 Å². The Labute approximate surface area is 180 Å². The van der Waals surface area contributed by atoms with E-state index in [0.717, 1.165) is 24.3 Å². The molecule has 0 radical (unpaired) electrons. The number of Topliss-reactive ketones (excluding diaryl/α,β-unsaturated/α-hetero) is 2. The standard InChI is InChI=1S/C20H18F2O9S/c21-20(22)17(26)31-14(11-23)19(20,27)18(32(28,29)30,15(24)12-7-3-1-4-8-12)16(25)13-9-5-2-6-10-13/h1-10,14,17,23,26-27H,11H2,(H,28,29,30)/t14-,17?,19+/m1/s1. The fourth-order valence-electron chi connectivity index (χ4n) is 3.84. The van der Waals surface area contributed by atoms with Crippen LogP contribution in [0.5, 0.6) is 0 Å². The molecule has 2 aromatic carbocycles. The summed E-state index contributed by atoms with van der Waals surface area (Å²) in [5, 5.41) is 30.4. The molecule has 3 rings (SSSR count). The zero-order valence-corrected chi connectivity index (χ0v) is 16.9. The average molecular weight is 472 g/mol. The van der Waals surface area contributed by atoms with Crippen LogP contribution in [0.2, 0.25) is 0 Å². The number of halogens is 2. The number of benzene rings is 2. The number of aliphatic hydroxyl groups excluding tert-OH is 2. The summed E-state index contributed by atoms with van der Waals surface area (Å²) < 4.78 is 66.1. The minimum Gasteiger partial charge on any atom is -0.394 e. The first-order valence-corrected chi connectivity index (χ1v) is 10.5. The first-order chi connectivity index (χ1) is 14.9. The maximum Gasteiger partial charge on any atom is 0.330 e. The molecule has 1 fully saturated rings. The highest BCUT2D eigenvalue weighted by molar-refractivity contribution is 7.89. The van der Waals surface area contributed by atoms with Crippen molar-refractivity contribution < 1.29 is 51.4 Å². The van der Waals surface area contributed by atoms with E-state index in [1.165, 1.54) is 36.4 Å². The van der Waals surface area contributed by atoms with Crippen LogP contribution in [0.4, 0.5) is 8.78 Å². The van der Waals surface area contributed by atoms with Gasteiger partial charge in [-0.05, 0) is 0 Å². The van der Waals surface area contributed by atoms with E-state index in [-0.39, 0.29) is 0 Å². The van der Waals surface area contributed by atoms with Gasteiger partial charge in [0, 0.05) is 11.1 Å². The van der Waals surface area contributed by atoms with Gasteiger partial charge in [-0.15, -0.1) is 0 Å². The van der Waals surface area contributed by atoms with Crippen molar-refractivity contribution in [2.75, 3.05) is 6.61 Å². The Bertz CT molecular complexity index is 1070. The van der Waals surface area contributed by atoms with E-state index in [9.17, 15) is 37.9 Å². The van der Waals surface area contributed by atoms with E-state index in [1.807, 2.05) is 0 Å². The van der Waals surface area contributed by atoms with Crippen LogP contribution in [0.15, 0.2) is 60.7 Å². The largest absolute Gasteiger partial charge is 0.394 e. The lowest BCUT2D eigenvalue weighted by Gasteiger charge is -2.44. The molecule has 9 nitrogen and oxygen atoms in total. The Hall–Kier alpha value is -2.61. The third-order valence-electron chi connectivity index (χ3n) is 5.38. The van der Waals surface area contributed by atoms with E-state index in [4.69, 9.17) is 0 Å². The molecule has 3 atom stereocenters. The molecule has 0 saturated carbocycles. The second-order valence-corrected chi connectivity index (χ2v) is 8.66. The topological polar surface area (TPSA) is 158 Å².